The van der Waals surface area contributed by atoms with Crippen LogP contribution < -0.4 is 14.2 Å². The Balaban J connectivity index is 2.17. The van der Waals surface area contributed by atoms with Crippen LogP contribution >= 0.6 is 0 Å². The van der Waals surface area contributed by atoms with Crippen molar-refractivity contribution in [3.63, 3.8) is 0 Å². The summed E-state index contributed by atoms with van der Waals surface area (Å²) in [4.78, 5) is 29.7. The lowest BCUT2D eigenvalue weighted by Crippen LogP contribution is -2.35. The number of aliphatic hydroxyl groups is 1. The van der Waals surface area contributed by atoms with Crippen LogP contribution in [-0.2, 0) is 9.59 Å². The number of carbonyl (C=O) groups is 2. The molecule has 1 atom stereocenters. The lowest BCUT2D eigenvalue weighted by atomic mass is 9.95. The Kier molecular flexibility index (Phi) is 8.17. The smallest absolute Gasteiger partial charge is 0.295 e. The normalized spacial score (nSPS) is 17.4. The van der Waals surface area contributed by atoms with Gasteiger partial charge in [0.1, 0.15) is 11.5 Å². The van der Waals surface area contributed by atoms with E-state index in [-0.39, 0.29) is 11.3 Å². The lowest BCUT2D eigenvalue weighted by Gasteiger charge is -2.27. The number of carbonyl (C=O) groups excluding carboxylic acids is 2. The average molecular weight is 469 g/mol. The summed E-state index contributed by atoms with van der Waals surface area (Å²) in [6.07, 6.45) is 0.810. The van der Waals surface area contributed by atoms with Gasteiger partial charge in [-0.15, -0.1) is 0 Å². The third kappa shape index (κ3) is 5.17. The van der Waals surface area contributed by atoms with Crippen molar-refractivity contribution < 1.29 is 28.9 Å². The second-order valence-corrected chi connectivity index (χ2v) is 8.29. The molecule has 1 aliphatic heterocycles. The van der Waals surface area contributed by atoms with Crippen LogP contribution in [0.2, 0.25) is 0 Å². The van der Waals surface area contributed by atoms with E-state index in [9.17, 15) is 14.7 Å². The van der Waals surface area contributed by atoms with Crippen molar-refractivity contribution in [2.24, 2.45) is 0 Å². The number of hydrogen-bond donors (Lipinski definition) is 1. The highest BCUT2D eigenvalue weighted by molar-refractivity contribution is 6.46. The Bertz CT molecular complexity index is 1080. The molecule has 0 aromatic heterocycles. The van der Waals surface area contributed by atoms with Crippen LogP contribution in [0.4, 0.5) is 0 Å². The first-order chi connectivity index (χ1) is 16.3. The molecule has 0 spiro atoms. The highest BCUT2D eigenvalue weighted by atomic mass is 16.5. The number of benzene rings is 2. The number of ether oxygens (including phenoxy) is 3. The van der Waals surface area contributed by atoms with Crippen molar-refractivity contribution in [1.82, 2.24) is 9.80 Å². The van der Waals surface area contributed by atoms with Gasteiger partial charge in [-0.3, -0.25) is 9.59 Å². The molecular weight excluding hydrogens is 436 g/mol. The number of methoxy groups -OCH3 is 2. The first-order valence-corrected chi connectivity index (χ1v) is 11.2. The predicted octanol–water partition coefficient (Wildman–Crippen LogP) is 3.48. The van der Waals surface area contributed by atoms with Gasteiger partial charge in [-0.2, -0.15) is 0 Å². The Morgan fingerprint density at radius 1 is 1.06 bits per heavy atom. The van der Waals surface area contributed by atoms with Crippen molar-refractivity contribution in [3.05, 3.63) is 59.2 Å². The maximum absolute atomic E-state index is 13.2. The van der Waals surface area contributed by atoms with Gasteiger partial charge in [0.25, 0.3) is 11.7 Å². The second kappa shape index (κ2) is 11.1. The Morgan fingerprint density at radius 2 is 1.82 bits per heavy atom. The third-order valence-corrected chi connectivity index (χ3v) is 5.64. The molecule has 2 aromatic carbocycles. The molecule has 0 bridgehead atoms. The number of likely N-dealkylation sites (N-methyl/N-ethyl adjacent to an activating group) is 1. The number of aliphatic hydroxyl groups excluding tert-OH is 1. The van der Waals surface area contributed by atoms with Gasteiger partial charge in [0.2, 0.25) is 0 Å². The largest absolute Gasteiger partial charge is 0.507 e. The summed E-state index contributed by atoms with van der Waals surface area (Å²) in [5.41, 5.74) is 1.07. The molecule has 2 aromatic rings. The van der Waals surface area contributed by atoms with Gasteiger partial charge >= 0.3 is 0 Å². The van der Waals surface area contributed by atoms with Crippen molar-refractivity contribution in [2.45, 2.75) is 19.4 Å². The minimum atomic E-state index is -0.777. The maximum atomic E-state index is 13.2. The molecule has 1 aliphatic rings. The number of nitrogens with zero attached hydrogens (tertiary/aromatic N) is 2. The molecule has 8 heteroatoms. The molecule has 8 nitrogen and oxygen atoms in total. The van der Waals surface area contributed by atoms with E-state index in [1.54, 1.807) is 49.6 Å². The molecular formula is C26H32N2O6. The average Bonchev–Trinajstić information content (AvgIpc) is 3.10. The molecule has 182 valence electrons. The number of ketones is 1. The molecule has 34 heavy (non-hydrogen) atoms. The van der Waals surface area contributed by atoms with E-state index in [0.29, 0.717) is 48.1 Å². The van der Waals surface area contributed by atoms with Crippen molar-refractivity contribution in [3.8, 4) is 17.2 Å². The summed E-state index contributed by atoms with van der Waals surface area (Å²) >= 11 is 0. The predicted molar refractivity (Wildman–Crippen MR) is 129 cm³/mol. The fourth-order valence-corrected chi connectivity index (χ4v) is 3.88. The number of rotatable bonds is 10. The van der Waals surface area contributed by atoms with E-state index in [4.69, 9.17) is 14.2 Å². The zero-order valence-corrected chi connectivity index (χ0v) is 20.3. The molecule has 0 aliphatic carbocycles. The van der Waals surface area contributed by atoms with Gasteiger partial charge in [-0.05, 0) is 50.3 Å². The van der Waals surface area contributed by atoms with E-state index in [1.807, 2.05) is 25.9 Å². The standard InChI is InChI=1S/C26H32N2O6/c1-6-14-34-21-16-17(10-11-20(21)33-5)23-22(24(29)18-8-7-9-19(15-18)32-4)25(30)26(31)28(23)13-12-27(2)3/h7-11,15-16,23,29H,6,12-14H2,1-5H3/b24-22-. The maximum Gasteiger partial charge on any atom is 0.295 e. The lowest BCUT2D eigenvalue weighted by molar-refractivity contribution is -0.140. The van der Waals surface area contributed by atoms with Crippen molar-refractivity contribution >= 4 is 17.4 Å². The van der Waals surface area contributed by atoms with E-state index < -0.39 is 17.7 Å². The fourth-order valence-electron chi connectivity index (χ4n) is 3.88. The first kappa shape index (κ1) is 25.1. The zero-order chi connectivity index (χ0) is 24.8. The molecule has 0 saturated carbocycles. The fraction of sp³-hybridized carbons (Fsp3) is 0.385. The molecule has 1 fully saturated rings. The van der Waals surface area contributed by atoms with Crippen molar-refractivity contribution in [2.75, 3.05) is 48.0 Å². The Hall–Kier alpha value is -3.52. The van der Waals surface area contributed by atoms with Crippen LogP contribution in [0.1, 0.15) is 30.5 Å². The van der Waals surface area contributed by atoms with E-state index in [2.05, 4.69) is 0 Å². The number of hydrogen-bond acceptors (Lipinski definition) is 7. The van der Waals surface area contributed by atoms with Gasteiger partial charge in [0.05, 0.1) is 32.4 Å². The number of likely N-dealkylation sites (tertiary alicyclic amines) is 1. The summed E-state index contributed by atoms with van der Waals surface area (Å²) in [6, 6.07) is 11.3. The van der Waals surface area contributed by atoms with Gasteiger partial charge < -0.3 is 29.1 Å². The number of amides is 1. The quantitative estimate of drug-likeness (QED) is 0.324. The molecule has 3 rings (SSSR count). The zero-order valence-electron chi connectivity index (χ0n) is 20.3. The second-order valence-electron chi connectivity index (χ2n) is 8.29. The summed E-state index contributed by atoms with van der Waals surface area (Å²) in [7, 11) is 6.87. The minimum Gasteiger partial charge on any atom is -0.507 e. The van der Waals surface area contributed by atoms with Gasteiger partial charge in [0, 0.05) is 18.7 Å². The topological polar surface area (TPSA) is 88.5 Å². The van der Waals surface area contributed by atoms with E-state index >= 15 is 0 Å². The summed E-state index contributed by atoms with van der Waals surface area (Å²) in [6.45, 7) is 3.36. The Labute approximate surface area is 200 Å². The van der Waals surface area contributed by atoms with Crippen LogP contribution in [0.25, 0.3) is 5.76 Å². The molecule has 1 amide bonds. The highest BCUT2D eigenvalue weighted by Crippen LogP contribution is 2.42. The van der Waals surface area contributed by atoms with E-state index in [1.165, 1.54) is 12.0 Å². The van der Waals surface area contributed by atoms with Crippen molar-refractivity contribution in [1.29, 1.82) is 0 Å². The first-order valence-electron chi connectivity index (χ1n) is 11.2. The molecule has 1 unspecified atom stereocenters. The van der Waals surface area contributed by atoms with Crippen LogP contribution in [0, 0.1) is 0 Å². The summed E-state index contributed by atoms with van der Waals surface area (Å²) < 4.78 is 16.5. The molecule has 0 radical (unpaired) electrons. The van der Waals surface area contributed by atoms with E-state index in [0.717, 1.165) is 6.42 Å². The third-order valence-electron chi connectivity index (χ3n) is 5.64. The monoisotopic (exact) mass is 468 g/mol. The highest BCUT2D eigenvalue weighted by Gasteiger charge is 2.46. The van der Waals surface area contributed by atoms with Crippen LogP contribution in [0.3, 0.4) is 0 Å². The minimum absolute atomic E-state index is 0.0311. The van der Waals surface area contributed by atoms with Crippen LogP contribution in [0.5, 0.6) is 17.2 Å². The van der Waals surface area contributed by atoms with Crippen LogP contribution in [-0.4, -0.2) is 74.6 Å². The van der Waals surface area contributed by atoms with Crippen LogP contribution in [0.15, 0.2) is 48.0 Å². The molecule has 1 heterocycles. The van der Waals surface area contributed by atoms with Gasteiger partial charge in [-0.25, -0.2) is 0 Å². The number of Topliss-reactive ketones (excluding diaryl/α,β-unsaturated/α-hetero) is 1. The SMILES string of the molecule is CCCOc1cc(C2/C(=C(/O)c3cccc(OC)c3)C(=O)C(=O)N2CCN(C)C)ccc1OC. The summed E-state index contributed by atoms with van der Waals surface area (Å²) in [5.74, 6) is -0.0284. The summed E-state index contributed by atoms with van der Waals surface area (Å²) in [5, 5.41) is 11.2. The Morgan fingerprint density at radius 3 is 2.47 bits per heavy atom. The van der Waals surface area contributed by atoms with Gasteiger partial charge in [0.15, 0.2) is 11.5 Å². The van der Waals surface area contributed by atoms with Gasteiger partial charge in [-0.1, -0.05) is 25.1 Å². The molecule has 1 N–H and O–H groups in total. The molecule has 1 saturated heterocycles.